The van der Waals surface area contributed by atoms with Crippen molar-refractivity contribution in [1.82, 2.24) is 15.4 Å². The van der Waals surface area contributed by atoms with E-state index >= 15 is 0 Å². The molecule has 0 aliphatic carbocycles. The molecule has 1 saturated heterocycles. The van der Waals surface area contributed by atoms with E-state index in [-0.39, 0.29) is 11.8 Å². The second-order valence-corrected chi connectivity index (χ2v) is 7.79. The first kappa shape index (κ1) is 20.7. The van der Waals surface area contributed by atoms with Crippen molar-refractivity contribution in [2.45, 2.75) is 12.8 Å². The van der Waals surface area contributed by atoms with E-state index in [0.717, 1.165) is 11.3 Å². The molecular formula is C24H25N3O4. The molecule has 2 aromatic carbocycles. The highest BCUT2D eigenvalue weighted by Gasteiger charge is 2.46. The SMILES string of the molecule is CNC(=O)C1(Cc2cc(-c3ccccc3)no2)CCN(C(=O)c2cccc(OC)c2)C1. The van der Waals surface area contributed by atoms with Gasteiger partial charge in [0.2, 0.25) is 5.91 Å². The minimum absolute atomic E-state index is 0.105. The van der Waals surface area contributed by atoms with Crippen LogP contribution in [-0.2, 0) is 11.2 Å². The van der Waals surface area contributed by atoms with Gasteiger partial charge in [-0.15, -0.1) is 0 Å². The topological polar surface area (TPSA) is 84.7 Å². The van der Waals surface area contributed by atoms with Crippen LogP contribution in [-0.4, -0.2) is 49.1 Å². The molecule has 2 amide bonds. The van der Waals surface area contributed by atoms with Crippen LogP contribution in [0.3, 0.4) is 0 Å². The number of nitrogens with one attached hydrogen (secondary N) is 1. The number of nitrogens with zero attached hydrogens (tertiary/aromatic N) is 2. The number of methoxy groups -OCH3 is 1. The Morgan fingerprint density at radius 1 is 1.16 bits per heavy atom. The van der Waals surface area contributed by atoms with Crippen LogP contribution in [0.1, 0.15) is 22.5 Å². The van der Waals surface area contributed by atoms with Gasteiger partial charge in [0.05, 0.1) is 12.5 Å². The minimum Gasteiger partial charge on any atom is -0.497 e. The van der Waals surface area contributed by atoms with Crippen molar-refractivity contribution in [1.29, 1.82) is 0 Å². The Morgan fingerprint density at radius 3 is 2.71 bits per heavy atom. The lowest BCUT2D eigenvalue weighted by atomic mass is 9.81. The molecule has 1 aliphatic heterocycles. The van der Waals surface area contributed by atoms with E-state index in [1.807, 2.05) is 36.4 Å². The van der Waals surface area contributed by atoms with Crippen LogP contribution in [0.2, 0.25) is 0 Å². The summed E-state index contributed by atoms with van der Waals surface area (Å²) in [6, 6.07) is 18.7. The molecule has 1 N–H and O–H groups in total. The van der Waals surface area contributed by atoms with E-state index in [1.165, 1.54) is 0 Å². The Bertz CT molecular complexity index is 1080. The summed E-state index contributed by atoms with van der Waals surface area (Å²) >= 11 is 0. The first-order valence-corrected chi connectivity index (χ1v) is 10.2. The van der Waals surface area contributed by atoms with Gasteiger partial charge in [-0.1, -0.05) is 41.6 Å². The lowest BCUT2D eigenvalue weighted by Crippen LogP contribution is -2.44. The number of carbonyl (C=O) groups is 2. The summed E-state index contributed by atoms with van der Waals surface area (Å²) in [4.78, 5) is 27.7. The zero-order valence-corrected chi connectivity index (χ0v) is 17.6. The average Bonchev–Trinajstić information content (AvgIpc) is 3.47. The number of rotatable bonds is 6. The second-order valence-electron chi connectivity index (χ2n) is 7.79. The Hall–Kier alpha value is -3.61. The third-order valence-corrected chi connectivity index (χ3v) is 5.81. The molecule has 1 aliphatic rings. The summed E-state index contributed by atoms with van der Waals surface area (Å²) in [7, 11) is 3.18. The largest absolute Gasteiger partial charge is 0.497 e. The zero-order chi connectivity index (χ0) is 21.8. The second kappa shape index (κ2) is 8.63. The van der Waals surface area contributed by atoms with Crippen LogP contribution < -0.4 is 10.1 Å². The van der Waals surface area contributed by atoms with Gasteiger partial charge in [-0.05, 0) is 24.6 Å². The van der Waals surface area contributed by atoms with Crippen LogP contribution in [0.25, 0.3) is 11.3 Å². The molecule has 4 rings (SSSR count). The van der Waals surface area contributed by atoms with Gasteiger partial charge in [0.15, 0.2) is 0 Å². The maximum atomic E-state index is 13.1. The molecule has 2 heterocycles. The molecule has 7 nitrogen and oxygen atoms in total. The van der Waals surface area contributed by atoms with Crippen molar-refractivity contribution < 1.29 is 18.8 Å². The number of benzene rings is 2. The van der Waals surface area contributed by atoms with E-state index in [9.17, 15) is 9.59 Å². The van der Waals surface area contributed by atoms with Crippen LogP contribution in [0.5, 0.6) is 5.75 Å². The smallest absolute Gasteiger partial charge is 0.254 e. The lowest BCUT2D eigenvalue weighted by molar-refractivity contribution is -0.130. The highest BCUT2D eigenvalue weighted by atomic mass is 16.5. The Morgan fingerprint density at radius 2 is 1.97 bits per heavy atom. The van der Waals surface area contributed by atoms with Gasteiger partial charge in [-0.2, -0.15) is 0 Å². The van der Waals surface area contributed by atoms with E-state index in [4.69, 9.17) is 9.26 Å². The van der Waals surface area contributed by atoms with Crippen LogP contribution >= 0.6 is 0 Å². The molecule has 0 radical (unpaired) electrons. The maximum Gasteiger partial charge on any atom is 0.254 e. The van der Waals surface area contributed by atoms with Gasteiger partial charge in [0.25, 0.3) is 5.91 Å². The number of likely N-dealkylation sites (tertiary alicyclic amines) is 1. The minimum atomic E-state index is -0.767. The standard InChI is InChI=1S/C24H25N3O4/c1-25-23(29)24(15-20-14-21(26-31-20)17-7-4-3-5-8-17)11-12-27(16-24)22(28)18-9-6-10-19(13-18)30-2/h3-10,13-14H,11-12,15-16H2,1-2H3,(H,25,29). The molecule has 0 saturated carbocycles. The van der Waals surface area contributed by atoms with Gasteiger partial charge in [0.1, 0.15) is 17.2 Å². The Kier molecular flexibility index (Phi) is 5.75. The van der Waals surface area contributed by atoms with E-state index in [1.54, 1.807) is 43.3 Å². The Labute approximate surface area is 181 Å². The molecule has 0 bridgehead atoms. The number of hydrogen-bond donors (Lipinski definition) is 1. The van der Waals surface area contributed by atoms with Crippen LogP contribution in [0.4, 0.5) is 0 Å². The molecular weight excluding hydrogens is 394 g/mol. The van der Waals surface area contributed by atoms with Gasteiger partial charge < -0.3 is 19.5 Å². The molecule has 1 fully saturated rings. The molecule has 1 unspecified atom stereocenters. The van der Waals surface area contributed by atoms with E-state index < -0.39 is 5.41 Å². The summed E-state index contributed by atoms with van der Waals surface area (Å²) in [6.45, 7) is 0.799. The molecule has 3 aromatic rings. The number of amides is 2. The fourth-order valence-electron chi connectivity index (χ4n) is 4.13. The molecule has 160 valence electrons. The highest BCUT2D eigenvalue weighted by Crippen LogP contribution is 2.36. The number of ether oxygens (including phenoxy) is 1. The molecule has 1 atom stereocenters. The van der Waals surface area contributed by atoms with Crippen LogP contribution in [0, 0.1) is 5.41 Å². The van der Waals surface area contributed by atoms with Crippen molar-refractivity contribution in [3.8, 4) is 17.0 Å². The Balaban J connectivity index is 1.55. The summed E-state index contributed by atoms with van der Waals surface area (Å²) in [5.74, 6) is 1.02. The molecule has 1 aromatic heterocycles. The van der Waals surface area contributed by atoms with Gasteiger partial charge in [-0.25, -0.2) is 0 Å². The monoisotopic (exact) mass is 419 g/mol. The van der Waals surface area contributed by atoms with E-state index in [0.29, 0.717) is 43.0 Å². The van der Waals surface area contributed by atoms with Crippen molar-refractivity contribution in [3.05, 3.63) is 72.0 Å². The molecule has 0 spiro atoms. The van der Waals surface area contributed by atoms with Gasteiger partial charge >= 0.3 is 0 Å². The number of aromatic nitrogens is 1. The molecule has 31 heavy (non-hydrogen) atoms. The third kappa shape index (κ3) is 4.17. The first-order chi connectivity index (χ1) is 15.0. The quantitative estimate of drug-likeness (QED) is 0.663. The summed E-state index contributed by atoms with van der Waals surface area (Å²) in [5, 5.41) is 6.93. The predicted octanol–water partition coefficient (Wildman–Crippen LogP) is 3.17. The summed E-state index contributed by atoms with van der Waals surface area (Å²) in [5.41, 5.74) is 1.45. The highest BCUT2D eigenvalue weighted by molar-refractivity contribution is 5.95. The first-order valence-electron chi connectivity index (χ1n) is 10.2. The van der Waals surface area contributed by atoms with Crippen molar-refractivity contribution in [2.24, 2.45) is 5.41 Å². The third-order valence-electron chi connectivity index (χ3n) is 5.81. The number of carbonyl (C=O) groups excluding carboxylic acids is 2. The fraction of sp³-hybridized carbons (Fsp3) is 0.292. The van der Waals surface area contributed by atoms with Gasteiger partial charge in [0, 0.05) is 43.8 Å². The van der Waals surface area contributed by atoms with E-state index in [2.05, 4.69) is 10.5 Å². The average molecular weight is 419 g/mol. The van der Waals surface area contributed by atoms with Gasteiger partial charge in [-0.3, -0.25) is 9.59 Å². The summed E-state index contributed by atoms with van der Waals surface area (Å²) < 4.78 is 10.8. The fourth-order valence-corrected chi connectivity index (χ4v) is 4.13. The van der Waals surface area contributed by atoms with Crippen molar-refractivity contribution in [3.63, 3.8) is 0 Å². The summed E-state index contributed by atoms with van der Waals surface area (Å²) in [6.07, 6.45) is 0.915. The molecule has 7 heteroatoms. The predicted molar refractivity (Wildman–Crippen MR) is 116 cm³/mol. The van der Waals surface area contributed by atoms with Crippen molar-refractivity contribution >= 4 is 11.8 Å². The zero-order valence-electron chi connectivity index (χ0n) is 17.6. The number of hydrogen-bond acceptors (Lipinski definition) is 5. The normalized spacial score (nSPS) is 18.1. The van der Waals surface area contributed by atoms with Crippen molar-refractivity contribution in [2.75, 3.05) is 27.2 Å². The maximum absolute atomic E-state index is 13.1. The lowest BCUT2D eigenvalue weighted by Gasteiger charge is -2.26. The van der Waals surface area contributed by atoms with Crippen LogP contribution in [0.15, 0.2) is 65.2 Å².